The number of methoxy groups -OCH3 is 1. The lowest BCUT2D eigenvalue weighted by Gasteiger charge is -2.13. The van der Waals surface area contributed by atoms with Gasteiger partial charge in [0.25, 0.3) is 0 Å². The van der Waals surface area contributed by atoms with Gasteiger partial charge in [0.05, 0.1) is 6.61 Å². The molecule has 20 heavy (non-hydrogen) atoms. The van der Waals surface area contributed by atoms with E-state index in [4.69, 9.17) is 4.74 Å². The van der Waals surface area contributed by atoms with Crippen molar-refractivity contribution in [1.29, 1.82) is 0 Å². The van der Waals surface area contributed by atoms with E-state index in [-0.39, 0.29) is 11.7 Å². The van der Waals surface area contributed by atoms with E-state index in [1.807, 2.05) is 0 Å². The molecule has 0 radical (unpaired) electrons. The molecule has 3 nitrogen and oxygen atoms in total. The number of ether oxygens (including phenoxy) is 2. The summed E-state index contributed by atoms with van der Waals surface area (Å²) in [7, 11) is 1.63. The molecule has 1 aliphatic rings. The zero-order valence-corrected chi connectivity index (χ0v) is 11.2. The van der Waals surface area contributed by atoms with Crippen LogP contribution in [0, 0.1) is 5.92 Å². The second-order valence-electron chi connectivity index (χ2n) is 4.88. The molecule has 1 fully saturated rings. The molecule has 1 aliphatic carbocycles. The van der Waals surface area contributed by atoms with Crippen LogP contribution in [-0.4, -0.2) is 33.2 Å². The topological polar surface area (TPSA) is 30.5 Å². The zero-order chi connectivity index (χ0) is 14.6. The predicted molar refractivity (Wildman–Crippen MR) is 68.7 cm³/mol. The number of alkyl halides is 3. The van der Waals surface area contributed by atoms with Crippen LogP contribution in [0.3, 0.4) is 0 Å². The van der Waals surface area contributed by atoms with Crippen molar-refractivity contribution >= 4 is 0 Å². The van der Waals surface area contributed by atoms with Crippen molar-refractivity contribution in [3.8, 4) is 5.75 Å². The Morgan fingerprint density at radius 3 is 2.75 bits per heavy atom. The Bertz CT molecular complexity index is 437. The maximum Gasteiger partial charge on any atom is 0.573 e. The first kappa shape index (κ1) is 15.1. The lowest BCUT2D eigenvalue weighted by Crippen LogP contribution is -2.22. The molecule has 0 aromatic heterocycles. The number of halogens is 3. The van der Waals surface area contributed by atoms with Gasteiger partial charge in [0.1, 0.15) is 5.75 Å². The van der Waals surface area contributed by atoms with Crippen LogP contribution in [0.25, 0.3) is 0 Å². The summed E-state index contributed by atoms with van der Waals surface area (Å²) >= 11 is 0. The highest BCUT2D eigenvalue weighted by molar-refractivity contribution is 5.39. The molecular formula is C14H18F3NO2. The van der Waals surface area contributed by atoms with Crippen molar-refractivity contribution in [1.82, 2.24) is 5.32 Å². The minimum absolute atomic E-state index is 0.0793. The van der Waals surface area contributed by atoms with Crippen LogP contribution in [0.15, 0.2) is 24.3 Å². The molecule has 0 aliphatic heterocycles. The van der Waals surface area contributed by atoms with E-state index in [2.05, 4.69) is 10.1 Å². The molecule has 1 N–H and O–H groups in total. The third-order valence-corrected chi connectivity index (χ3v) is 3.36. The van der Waals surface area contributed by atoms with Crippen LogP contribution in [0.1, 0.15) is 17.9 Å². The summed E-state index contributed by atoms with van der Waals surface area (Å²) in [6.45, 7) is 2.17. The summed E-state index contributed by atoms with van der Waals surface area (Å²) in [5.41, 5.74) is 0.642. The van der Waals surface area contributed by atoms with E-state index in [0.29, 0.717) is 18.1 Å². The van der Waals surface area contributed by atoms with Crippen LogP contribution in [0.4, 0.5) is 13.2 Å². The Morgan fingerprint density at radius 2 is 2.05 bits per heavy atom. The first-order valence-corrected chi connectivity index (χ1v) is 6.55. The molecule has 1 saturated carbocycles. The molecule has 0 spiro atoms. The zero-order valence-electron chi connectivity index (χ0n) is 11.2. The molecule has 0 heterocycles. The minimum atomic E-state index is -4.64. The lowest BCUT2D eigenvalue weighted by molar-refractivity contribution is -0.274. The molecule has 2 unspecified atom stereocenters. The van der Waals surface area contributed by atoms with Gasteiger partial charge in [-0.05, 0) is 36.4 Å². The summed E-state index contributed by atoms with van der Waals surface area (Å²) in [6, 6.07) is 6.38. The molecule has 0 amide bonds. The fourth-order valence-corrected chi connectivity index (χ4v) is 2.32. The second-order valence-corrected chi connectivity index (χ2v) is 4.88. The summed E-state index contributed by atoms with van der Waals surface area (Å²) in [5.74, 6) is 0.429. The summed E-state index contributed by atoms with van der Waals surface area (Å²) in [4.78, 5) is 0. The maximum atomic E-state index is 12.3. The van der Waals surface area contributed by atoms with Crippen molar-refractivity contribution in [2.24, 2.45) is 5.92 Å². The van der Waals surface area contributed by atoms with Crippen LogP contribution < -0.4 is 10.1 Å². The average Bonchev–Trinajstić information content (AvgIpc) is 3.13. The lowest BCUT2D eigenvalue weighted by atomic mass is 10.1. The molecule has 0 saturated heterocycles. The Balaban J connectivity index is 1.90. The number of hydrogen-bond acceptors (Lipinski definition) is 3. The number of hydrogen-bond donors (Lipinski definition) is 1. The maximum absolute atomic E-state index is 12.3. The normalized spacial score (nSPS) is 21.8. The SMILES string of the molecule is COCCNCC1CC1c1ccccc1OC(F)(F)F. The van der Waals surface area contributed by atoms with Gasteiger partial charge in [-0.3, -0.25) is 0 Å². The van der Waals surface area contributed by atoms with E-state index in [0.717, 1.165) is 19.5 Å². The number of nitrogens with one attached hydrogen (secondary N) is 1. The van der Waals surface area contributed by atoms with Crippen molar-refractivity contribution in [2.75, 3.05) is 26.8 Å². The van der Waals surface area contributed by atoms with Gasteiger partial charge >= 0.3 is 6.36 Å². The Morgan fingerprint density at radius 1 is 1.30 bits per heavy atom. The molecule has 6 heteroatoms. The highest BCUT2D eigenvalue weighted by atomic mass is 19.4. The number of para-hydroxylation sites is 1. The van der Waals surface area contributed by atoms with Gasteiger partial charge in [0, 0.05) is 13.7 Å². The minimum Gasteiger partial charge on any atom is -0.405 e. The van der Waals surface area contributed by atoms with Gasteiger partial charge in [-0.25, -0.2) is 0 Å². The molecule has 0 bridgehead atoms. The van der Waals surface area contributed by atoms with E-state index >= 15 is 0 Å². The molecule has 2 atom stereocenters. The van der Waals surface area contributed by atoms with E-state index in [1.165, 1.54) is 6.07 Å². The monoisotopic (exact) mass is 289 g/mol. The van der Waals surface area contributed by atoms with Crippen molar-refractivity contribution < 1.29 is 22.6 Å². The summed E-state index contributed by atoms with van der Waals surface area (Å²) in [6.07, 6.45) is -3.75. The van der Waals surface area contributed by atoms with Gasteiger partial charge in [-0.15, -0.1) is 13.2 Å². The van der Waals surface area contributed by atoms with Crippen molar-refractivity contribution in [3.63, 3.8) is 0 Å². The van der Waals surface area contributed by atoms with E-state index in [9.17, 15) is 13.2 Å². The Hall–Kier alpha value is -1.27. The van der Waals surface area contributed by atoms with Crippen LogP contribution >= 0.6 is 0 Å². The number of benzene rings is 1. The van der Waals surface area contributed by atoms with Gasteiger partial charge in [0.15, 0.2) is 0 Å². The van der Waals surface area contributed by atoms with Gasteiger partial charge in [0.2, 0.25) is 0 Å². The highest BCUT2D eigenvalue weighted by Crippen LogP contribution is 2.50. The molecule has 1 aromatic rings. The summed E-state index contributed by atoms with van der Waals surface area (Å²) in [5, 5.41) is 3.23. The third kappa shape index (κ3) is 4.38. The molecule has 1 aromatic carbocycles. The van der Waals surface area contributed by atoms with Crippen molar-refractivity contribution in [2.45, 2.75) is 18.7 Å². The van der Waals surface area contributed by atoms with E-state index in [1.54, 1.807) is 25.3 Å². The van der Waals surface area contributed by atoms with Crippen LogP contribution in [0.2, 0.25) is 0 Å². The second kappa shape index (κ2) is 6.45. The largest absolute Gasteiger partial charge is 0.573 e. The molecule has 112 valence electrons. The standard InChI is InChI=1S/C14H18F3NO2/c1-19-7-6-18-9-10-8-12(10)11-4-2-3-5-13(11)20-14(15,16)17/h2-5,10,12,18H,6-9H2,1H3. The predicted octanol–water partition coefficient (Wildman–Crippen LogP) is 2.92. The van der Waals surface area contributed by atoms with Gasteiger partial charge < -0.3 is 14.8 Å². The average molecular weight is 289 g/mol. The fraction of sp³-hybridized carbons (Fsp3) is 0.571. The fourth-order valence-electron chi connectivity index (χ4n) is 2.32. The van der Waals surface area contributed by atoms with Crippen LogP contribution in [0.5, 0.6) is 5.75 Å². The van der Waals surface area contributed by atoms with Crippen LogP contribution in [-0.2, 0) is 4.74 Å². The smallest absolute Gasteiger partial charge is 0.405 e. The van der Waals surface area contributed by atoms with Crippen molar-refractivity contribution in [3.05, 3.63) is 29.8 Å². The Labute approximate surface area is 116 Å². The van der Waals surface area contributed by atoms with Gasteiger partial charge in [-0.2, -0.15) is 0 Å². The first-order chi connectivity index (χ1) is 9.51. The van der Waals surface area contributed by atoms with E-state index < -0.39 is 6.36 Å². The Kier molecular flexibility index (Phi) is 4.88. The number of rotatable bonds is 7. The highest BCUT2D eigenvalue weighted by Gasteiger charge is 2.41. The summed E-state index contributed by atoms with van der Waals surface area (Å²) < 4.78 is 46.0. The first-order valence-electron chi connectivity index (χ1n) is 6.55. The molecule has 2 rings (SSSR count). The molecular weight excluding hydrogens is 271 g/mol. The quantitative estimate of drug-likeness (QED) is 0.783. The van der Waals surface area contributed by atoms with Gasteiger partial charge in [-0.1, -0.05) is 18.2 Å². The third-order valence-electron chi connectivity index (χ3n) is 3.36.